The van der Waals surface area contributed by atoms with Crippen molar-refractivity contribution in [2.75, 3.05) is 20.1 Å². The molecule has 2 rings (SSSR count). The molecule has 1 aromatic heterocycles. The van der Waals surface area contributed by atoms with Gasteiger partial charge in [-0.25, -0.2) is 4.98 Å². The zero-order valence-electron chi connectivity index (χ0n) is 9.89. The van der Waals surface area contributed by atoms with Crippen molar-refractivity contribution >= 4 is 5.91 Å². The third-order valence-corrected chi connectivity index (χ3v) is 3.11. The van der Waals surface area contributed by atoms with Crippen LogP contribution >= 0.6 is 0 Å². The lowest BCUT2D eigenvalue weighted by Crippen LogP contribution is -2.47. The molecule has 1 fully saturated rings. The van der Waals surface area contributed by atoms with Gasteiger partial charge in [-0.05, 0) is 32.0 Å². The van der Waals surface area contributed by atoms with Crippen LogP contribution in [0.2, 0.25) is 0 Å². The number of nitrogens with zero attached hydrogens (tertiary/aromatic N) is 2. The van der Waals surface area contributed by atoms with Gasteiger partial charge in [-0.2, -0.15) is 0 Å². The summed E-state index contributed by atoms with van der Waals surface area (Å²) in [7, 11) is 1.90. The van der Waals surface area contributed by atoms with E-state index < -0.39 is 0 Å². The molecular formula is C12H17N3O2. The molecule has 0 saturated carbocycles. The Balaban J connectivity index is 2.12. The molecule has 17 heavy (non-hydrogen) atoms. The molecule has 5 nitrogen and oxygen atoms in total. The molecule has 1 aliphatic heterocycles. The van der Waals surface area contributed by atoms with Crippen LogP contribution in [-0.4, -0.2) is 47.1 Å². The summed E-state index contributed by atoms with van der Waals surface area (Å²) in [4.78, 5) is 17.8. The number of carbonyl (C=O) groups excluding carboxylic acids is 1. The standard InChI is InChI=1S/C12H17N3O2/c1-13-9-4-3-7-15(8-9)12(17)11-10(16)5-2-6-14-11/h2,5-6,9,13,16H,3-4,7-8H2,1H3. The number of likely N-dealkylation sites (N-methyl/N-ethyl adjacent to an activating group) is 1. The van der Waals surface area contributed by atoms with E-state index in [0.717, 1.165) is 19.4 Å². The number of aromatic hydroxyl groups is 1. The highest BCUT2D eigenvalue weighted by Gasteiger charge is 2.25. The fourth-order valence-corrected chi connectivity index (χ4v) is 2.11. The van der Waals surface area contributed by atoms with Crippen molar-refractivity contribution in [2.45, 2.75) is 18.9 Å². The highest BCUT2D eigenvalue weighted by molar-refractivity contribution is 5.94. The first-order chi connectivity index (χ1) is 8.22. The molecule has 0 aliphatic carbocycles. The van der Waals surface area contributed by atoms with Crippen molar-refractivity contribution in [1.82, 2.24) is 15.2 Å². The number of likely N-dealkylation sites (tertiary alicyclic amines) is 1. The lowest BCUT2D eigenvalue weighted by atomic mass is 10.1. The number of hydrogen-bond acceptors (Lipinski definition) is 4. The minimum Gasteiger partial charge on any atom is -0.505 e. The summed E-state index contributed by atoms with van der Waals surface area (Å²) >= 11 is 0. The minimum atomic E-state index is -0.192. The van der Waals surface area contributed by atoms with Crippen LogP contribution in [0.3, 0.4) is 0 Å². The Morgan fingerprint density at radius 2 is 2.47 bits per heavy atom. The Labute approximate surface area is 100 Å². The van der Waals surface area contributed by atoms with Crippen molar-refractivity contribution in [1.29, 1.82) is 0 Å². The molecule has 1 atom stereocenters. The van der Waals surface area contributed by atoms with E-state index in [-0.39, 0.29) is 17.4 Å². The predicted molar refractivity (Wildman–Crippen MR) is 63.9 cm³/mol. The first kappa shape index (κ1) is 11.9. The first-order valence-electron chi connectivity index (χ1n) is 5.83. The van der Waals surface area contributed by atoms with Gasteiger partial charge in [-0.1, -0.05) is 0 Å². The zero-order valence-corrected chi connectivity index (χ0v) is 9.89. The minimum absolute atomic E-state index is 0.0518. The van der Waals surface area contributed by atoms with E-state index in [1.54, 1.807) is 11.0 Å². The van der Waals surface area contributed by atoms with E-state index >= 15 is 0 Å². The quantitative estimate of drug-likeness (QED) is 0.788. The average molecular weight is 235 g/mol. The molecule has 92 valence electrons. The number of piperidine rings is 1. The molecule has 1 aromatic rings. The van der Waals surface area contributed by atoms with Crippen molar-refractivity contribution in [3.8, 4) is 5.75 Å². The second kappa shape index (κ2) is 5.14. The zero-order chi connectivity index (χ0) is 12.3. The van der Waals surface area contributed by atoms with Gasteiger partial charge in [0.25, 0.3) is 5.91 Å². The van der Waals surface area contributed by atoms with Crippen LogP contribution in [0.1, 0.15) is 23.3 Å². The number of rotatable bonds is 2. The third kappa shape index (κ3) is 2.55. The van der Waals surface area contributed by atoms with E-state index in [2.05, 4.69) is 10.3 Å². The lowest BCUT2D eigenvalue weighted by Gasteiger charge is -2.32. The normalized spacial score (nSPS) is 20.3. The van der Waals surface area contributed by atoms with Gasteiger partial charge in [0, 0.05) is 25.3 Å². The molecule has 0 aromatic carbocycles. The van der Waals surface area contributed by atoms with Gasteiger partial charge in [0.15, 0.2) is 5.69 Å². The van der Waals surface area contributed by atoms with Crippen molar-refractivity contribution in [3.05, 3.63) is 24.0 Å². The smallest absolute Gasteiger partial charge is 0.276 e. The summed E-state index contributed by atoms with van der Waals surface area (Å²) in [6.07, 6.45) is 3.58. The lowest BCUT2D eigenvalue weighted by molar-refractivity contribution is 0.0689. The second-order valence-electron chi connectivity index (χ2n) is 4.25. The molecule has 0 radical (unpaired) electrons. The largest absolute Gasteiger partial charge is 0.505 e. The number of hydrogen-bond donors (Lipinski definition) is 2. The summed E-state index contributed by atoms with van der Waals surface area (Å²) in [5, 5.41) is 12.8. The molecule has 0 bridgehead atoms. The Morgan fingerprint density at radius 1 is 1.65 bits per heavy atom. The van der Waals surface area contributed by atoms with Gasteiger partial charge < -0.3 is 15.3 Å². The third-order valence-electron chi connectivity index (χ3n) is 3.11. The first-order valence-corrected chi connectivity index (χ1v) is 5.83. The van der Waals surface area contributed by atoms with Gasteiger partial charge >= 0.3 is 0 Å². The van der Waals surface area contributed by atoms with E-state index in [1.165, 1.54) is 12.3 Å². The van der Waals surface area contributed by atoms with Crippen LogP contribution in [0.15, 0.2) is 18.3 Å². The van der Waals surface area contributed by atoms with E-state index in [0.29, 0.717) is 12.6 Å². The van der Waals surface area contributed by atoms with E-state index in [4.69, 9.17) is 0 Å². The molecular weight excluding hydrogens is 218 g/mol. The predicted octanol–water partition coefficient (Wildman–Crippen LogP) is 0.611. The molecule has 0 spiro atoms. The van der Waals surface area contributed by atoms with Crippen LogP contribution in [0.4, 0.5) is 0 Å². The fraction of sp³-hybridized carbons (Fsp3) is 0.500. The number of aromatic nitrogens is 1. The molecule has 1 saturated heterocycles. The van der Waals surface area contributed by atoms with Gasteiger partial charge in [0.05, 0.1) is 0 Å². The fourth-order valence-electron chi connectivity index (χ4n) is 2.11. The van der Waals surface area contributed by atoms with Crippen LogP contribution < -0.4 is 5.32 Å². The Hall–Kier alpha value is -1.62. The molecule has 1 unspecified atom stereocenters. The van der Waals surface area contributed by atoms with Crippen molar-refractivity contribution in [3.63, 3.8) is 0 Å². The summed E-state index contributed by atoms with van der Waals surface area (Å²) in [5.41, 5.74) is 0.143. The van der Waals surface area contributed by atoms with Crippen LogP contribution in [0.5, 0.6) is 5.75 Å². The van der Waals surface area contributed by atoms with Gasteiger partial charge in [0.2, 0.25) is 0 Å². The van der Waals surface area contributed by atoms with E-state index in [9.17, 15) is 9.90 Å². The number of pyridine rings is 1. The van der Waals surface area contributed by atoms with Crippen molar-refractivity contribution < 1.29 is 9.90 Å². The van der Waals surface area contributed by atoms with Gasteiger partial charge in [-0.15, -0.1) is 0 Å². The average Bonchev–Trinajstić information content (AvgIpc) is 2.38. The van der Waals surface area contributed by atoms with Crippen LogP contribution in [0.25, 0.3) is 0 Å². The topological polar surface area (TPSA) is 65.5 Å². The highest BCUT2D eigenvalue weighted by atomic mass is 16.3. The SMILES string of the molecule is CNC1CCCN(C(=O)c2ncccc2O)C1. The summed E-state index contributed by atoms with van der Waals surface area (Å²) in [5.74, 6) is -0.243. The molecule has 2 heterocycles. The Bertz CT molecular complexity index is 408. The number of carbonyl (C=O) groups is 1. The number of nitrogens with one attached hydrogen (secondary N) is 1. The van der Waals surface area contributed by atoms with Crippen LogP contribution in [0, 0.1) is 0 Å². The maximum Gasteiger partial charge on any atom is 0.276 e. The molecule has 1 amide bonds. The van der Waals surface area contributed by atoms with E-state index in [1.807, 2.05) is 7.05 Å². The van der Waals surface area contributed by atoms with Gasteiger partial charge in [0.1, 0.15) is 5.75 Å². The van der Waals surface area contributed by atoms with Gasteiger partial charge in [-0.3, -0.25) is 4.79 Å². The van der Waals surface area contributed by atoms with Crippen LogP contribution in [-0.2, 0) is 0 Å². The number of amides is 1. The summed E-state index contributed by atoms with van der Waals surface area (Å²) in [6.45, 7) is 1.40. The molecule has 2 N–H and O–H groups in total. The van der Waals surface area contributed by atoms with Crippen molar-refractivity contribution in [2.24, 2.45) is 0 Å². The molecule has 5 heteroatoms. The second-order valence-corrected chi connectivity index (χ2v) is 4.25. The summed E-state index contributed by atoms with van der Waals surface area (Å²) < 4.78 is 0. The monoisotopic (exact) mass is 235 g/mol. The maximum absolute atomic E-state index is 12.2. The Kier molecular flexibility index (Phi) is 3.58. The highest BCUT2D eigenvalue weighted by Crippen LogP contribution is 2.18. The Morgan fingerprint density at radius 3 is 3.18 bits per heavy atom. The summed E-state index contributed by atoms with van der Waals surface area (Å²) in [6, 6.07) is 3.43. The molecule has 1 aliphatic rings. The maximum atomic E-state index is 12.2.